The molecule has 0 spiro atoms. The summed E-state index contributed by atoms with van der Waals surface area (Å²) in [6.07, 6.45) is 7.42. The molecule has 1 aromatic rings. The summed E-state index contributed by atoms with van der Waals surface area (Å²) < 4.78 is 13.1. The highest BCUT2D eigenvalue weighted by atomic mass is 19.1. The second-order valence-corrected chi connectivity index (χ2v) is 4.50. The van der Waals surface area contributed by atoms with E-state index in [9.17, 15) is 4.39 Å². The van der Waals surface area contributed by atoms with E-state index in [4.69, 9.17) is 5.11 Å². The molecule has 2 N–H and O–H groups in total. The first-order valence-electron chi connectivity index (χ1n) is 6.01. The second kappa shape index (κ2) is 5.19. The maximum Gasteiger partial charge on any atom is 0.166 e. The molecule has 0 aliphatic heterocycles. The molecule has 2 nitrogen and oxygen atoms in total. The average molecular weight is 223 g/mol. The molecular formula is C13H18FNO. The monoisotopic (exact) mass is 223 g/mol. The van der Waals surface area contributed by atoms with Gasteiger partial charge >= 0.3 is 0 Å². The molecule has 16 heavy (non-hydrogen) atoms. The lowest BCUT2D eigenvalue weighted by Gasteiger charge is -2.17. The van der Waals surface area contributed by atoms with Crippen LogP contribution in [-0.2, 0) is 0 Å². The van der Waals surface area contributed by atoms with Gasteiger partial charge in [0.05, 0.1) is 0 Å². The van der Waals surface area contributed by atoms with E-state index in [1.54, 1.807) is 6.07 Å². The van der Waals surface area contributed by atoms with Crippen molar-refractivity contribution < 1.29 is 9.50 Å². The summed E-state index contributed by atoms with van der Waals surface area (Å²) >= 11 is 0. The van der Waals surface area contributed by atoms with Crippen LogP contribution >= 0.6 is 0 Å². The van der Waals surface area contributed by atoms with Gasteiger partial charge in [-0.2, -0.15) is 0 Å². The zero-order valence-corrected chi connectivity index (χ0v) is 9.38. The van der Waals surface area contributed by atoms with Gasteiger partial charge in [0.15, 0.2) is 11.6 Å². The van der Waals surface area contributed by atoms with Gasteiger partial charge in [0, 0.05) is 17.8 Å². The Morgan fingerprint density at radius 1 is 1.12 bits per heavy atom. The molecule has 1 fully saturated rings. The average Bonchev–Trinajstić information content (AvgIpc) is 2.52. The van der Waals surface area contributed by atoms with Crippen molar-refractivity contribution in [3.8, 4) is 5.75 Å². The van der Waals surface area contributed by atoms with Crippen molar-refractivity contribution in [3.63, 3.8) is 0 Å². The largest absolute Gasteiger partial charge is 0.505 e. The highest BCUT2D eigenvalue weighted by Gasteiger charge is 2.12. The van der Waals surface area contributed by atoms with Crippen LogP contribution in [0.4, 0.5) is 10.1 Å². The number of aromatic hydroxyl groups is 1. The summed E-state index contributed by atoms with van der Waals surface area (Å²) in [6.45, 7) is 0. The lowest BCUT2D eigenvalue weighted by Crippen LogP contribution is -2.18. The molecule has 1 aromatic carbocycles. The molecule has 3 heteroatoms. The van der Waals surface area contributed by atoms with E-state index >= 15 is 0 Å². The van der Waals surface area contributed by atoms with Crippen LogP contribution in [-0.4, -0.2) is 11.1 Å². The molecule has 0 unspecified atom stereocenters. The van der Waals surface area contributed by atoms with Crippen LogP contribution in [0.3, 0.4) is 0 Å². The Morgan fingerprint density at radius 3 is 2.44 bits per heavy atom. The van der Waals surface area contributed by atoms with Crippen LogP contribution in [0.25, 0.3) is 0 Å². The zero-order valence-electron chi connectivity index (χ0n) is 9.38. The number of nitrogens with one attached hydrogen (secondary N) is 1. The number of phenolic OH excluding ortho intramolecular Hbond substituents is 1. The first-order valence-corrected chi connectivity index (χ1v) is 6.01. The van der Waals surface area contributed by atoms with Crippen LogP contribution < -0.4 is 5.32 Å². The summed E-state index contributed by atoms with van der Waals surface area (Å²) in [4.78, 5) is 0. The highest BCUT2D eigenvalue weighted by molar-refractivity contribution is 5.47. The van der Waals surface area contributed by atoms with Crippen LogP contribution in [0.15, 0.2) is 18.2 Å². The fourth-order valence-electron chi connectivity index (χ4n) is 2.26. The van der Waals surface area contributed by atoms with E-state index in [0.717, 1.165) is 18.5 Å². The first kappa shape index (κ1) is 11.2. The third-order valence-electron chi connectivity index (χ3n) is 3.17. The number of rotatable bonds is 2. The van der Waals surface area contributed by atoms with E-state index < -0.39 is 5.82 Å². The molecule has 88 valence electrons. The quantitative estimate of drug-likeness (QED) is 0.592. The van der Waals surface area contributed by atoms with E-state index in [1.165, 1.54) is 37.8 Å². The highest BCUT2D eigenvalue weighted by Crippen LogP contribution is 2.24. The van der Waals surface area contributed by atoms with Crippen molar-refractivity contribution >= 4 is 5.69 Å². The van der Waals surface area contributed by atoms with Crippen molar-refractivity contribution in [1.82, 2.24) is 0 Å². The minimum atomic E-state index is -0.557. The molecule has 0 radical (unpaired) electrons. The molecule has 0 bridgehead atoms. The molecule has 0 atom stereocenters. The Labute approximate surface area is 95.5 Å². The Balaban J connectivity index is 1.99. The van der Waals surface area contributed by atoms with Crippen molar-refractivity contribution in [2.24, 2.45) is 0 Å². The lowest BCUT2D eigenvalue weighted by molar-refractivity contribution is 0.432. The van der Waals surface area contributed by atoms with Crippen molar-refractivity contribution in [3.05, 3.63) is 24.0 Å². The van der Waals surface area contributed by atoms with Gasteiger partial charge in [-0.15, -0.1) is 0 Å². The zero-order chi connectivity index (χ0) is 11.4. The molecule has 2 rings (SSSR count). The summed E-state index contributed by atoms with van der Waals surface area (Å²) in [5.74, 6) is -0.843. The van der Waals surface area contributed by atoms with Gasteiger partial charge in [-0.1, -0.05) is 25.7 Å². The summed E-state index contributed by atoms with van der Waals surface area (Å²) in [6, 6.07) is 4.93. The topological polar surface area (TPSA) is 32.3 Å². The number of hydrogen-bond acceptors (Lipinski definition) is 2. The molecule has 0 amide bonds. The molecule has 0 saturated heterocycles. The van der Waals surface area contributed by atoms with E-state index in [2.05, 4.69) is 5.32 Å². The third kappa shape index (κ3) is 2.87. The molecular weight excluding hydrogens is 205 g/mol. The van der Waals surface area contributed by atoms with Gasteiger partial charge in [0.25, 0.3) is 0 Å². The Bertz CT molecular complexity index is 346. The first-order chi connectivity index (χ1) is 7.75. The number of halogens is 1. The predicted molar refractivity (Wildman–Crippen MR) is 63.2 cm³/mol. The standard InChI is InChI=1S/C13H18FNO/c14-12-9-11(7-8-13(12)16)15-10-5-3-1-2-4-6-10/h7-10,15-16H,1-6H2. The van der Waals surface area contributed by atoms with Gasteiger partial charge in [0.1, 0.15) is 0 Å². The maximum atomic E-state index is 13.1. The van der Waals surface area contributed by atoms with E-state index in [0.29, 0.717) is 6.04 Å². The smallest absolute Gasteiger partial charge is 0.166 e. The summed E-state index contributed by atoms with van der Waals surface area (Å²) in [5.41, 5.74) is 0.766. The number of benzene rings is 1. The van der Waals surface area contributed by atoms with Crippen LogP contribution in [0.1, 0.15) is 38.5 Å². The van der Waals surface area contributed by atoms with Crippen molar-refractivity contribution in [2.45, 2.75) is 44.6 Å². The van der Waals surface area contributed by atoms with Crippen LogP contribution in [0, 0.1) is 5.82 Å². The maximum absolute atomic E-state index is 13.1. The lowest BCUT2D eigenvalue weighted by atomic mass is 10.1. The van der Waals surface area contributed by atoms with Gasteiger partial charge < -0.3 is 10.4 Å². The fraction of sp³-hybridized carbons (Fsp3) is 0.538. The van der Waals surface area contributed by atoms with E-state index in [-0.39, 0.29) is 5.75 Å². The predicted octanol–water partition coefficient (Wildman–Crippen LogP) is 3.67. The number of hydrogen-bond donors (Lipinski definition) is 2. The number of phenols is 1. The van der Waals surface area contributed by atoms with E-state index in [1.807, 2.05) is 0 Å². The fourth-order valence-corrected chi connectivity index (χ4v) is 2.26. The summed E-state index contributed by atoms with van der Waals surface area (Å²) in [5, 5.41) is 12.4. The summed E-state index contributed by atoms with van der Waals surface area (Å²) in [7, 11) is 0. The SMILES string of the molecule is Oc1ccc(NC2CCCCCC2)cc1F. The molecule has 0 heterocycles. The molecule has 1 aliphatic rings. The van der Waals surface area contributed by atoms with Gasteiger partial charge in [0.2, 0.25) is 0 Å². The third-order valence-corrected chi connectivity index (χ3v) is 3.17. The molecule has 1 aliphatic carbocycles. The Hall–Kier alpha value is -1.25. The normalized spacial score (nSPS) is 18.1. The number of anilines is 1. The minimum absolute atomic E-state index is 0.286. The van der Waals surface area contributed by atoms with Crippen LogP contribution in [0.2, 0.25) is 0 Å². The van der Waals surface area contributed by atoms with Crippen molar-refractivity contribution in [2.75, 3.05) is 5.32 Å². The molecule has 1 saturated carbocycles. The Morgan fingerprint density at radius 2 is 1.81 bits per heavy atom. The van der Waals surface area contributed by atoms with Crippen LogP contribution in [0.5, 0.6) is 5.75 Å². The van der Waals surface area contributed by atoms with Gasteiger partial charge in [-0.05, 0) is 25.0 Å². The van der Waals surface area contributed by atoms with Gasteiger partial charge in [-0.25, -0.2) is 4.39 Å². The van der Waals surface area contributed by atoms with Gasteiger partial charge in [-0.3, -0.25) is 0 Å². The molecule has 0 aromatic heterocycles. The Kier molecular flexibility index (Phi) is 3.65. The minimum Gasteiger partial charge on any atom is -0.505 e. The van der Waals surface area contributed by atoms with Crippen molar-refractivity contribution in [1.29, 1.82) is 0 Å². The second-order valence-electron chi connectivity index (χ2n) is 4.50.